The monoisotopic (exact) mass is 320 g/mol. The SMILES string of the molecule is NC(=S)CCC(Cc1ccc(C(F)(F)F)cc1)NC(=O)O. The first kappa shape index (κ1) is 17.2. The predicted molar refractivity (Wildman–Crippen MR) is 76.1 cm³/mol. The molecule has 1 unspecified atom stereocenters. The Morgan fingerprint density at radius 1 is 1.33 bits per heavy atom. The average molecular weight is 320 g/mol. The molecule has 1 amide bonds. The minimum Gasteiger partial charge on any atom is -0.465 e. The van der Waals surface area contributed by atoms with E-state index in [0.29, 0.717) is 18.4 Å². The Morgan fingerprint density at radius 3 is 2.33 bits per heavy atom. The average Bonchev–Trinajstić information content (AvgIpc) is 2.35. The summed E-state index contributed by atoms with van der Waals surface area (Å²) in [4.78, 5) is 11.0. The van der Waals surface area contributed by atoms with Crippen LogP contribution in [0, 0.1) is 0 Å². The lowest BCUT2D eigenvalue weighted by atomic mass is 10.0. The summed E-state index contributed by atoms with van der Waals surface area (Å²) in [6.45, 7) is 0. The molecule has 0 spiro atoms. The van der Waals surface area contributed by atoms with E-state index in [1.807, 2.05) is 0 Å². The van der Waals surface area contributed by atoms with Gasteiger partial charge < -0.3 is 16.2 Å². The molecule has 0 fully saturated rings. The van der Waals surface area contributed by atoms with Crippen LogP contribution in [-0.4, -0.2) is 22.2 Å². The zero-order valence-corrected chi connectivity index (χ0v) is 11.8. The smallest absolute Gasteiger partial charge is 0.416 e. The Kier molecular flexibility index (Phi) is 5.95. The van der Waals surface area contributed by atoms with Crippen LogP contribution in [0.5, 0.6) is 0 Å². The number of hydrogen-bond donors (Lipinski definition) is 3. The fourth-order valence-electron chi connectivity index (χ4n) is 1.83. The standard InChI is InChI=1S/C13H15F3N2O2S/c14-13(15,16)9-3-1-8(2-4-9)7-10(18-12(19)20)5-6-11(17)21/h1-4,10,18H,5-7H2,(H2,17,21)(H,19,20). The Labute approximate surface area is 125 Å². The summed E-state index contributed by atoms with van der Waals surface area (Å²) < 4.78 is 37.3. The molecular weight excluding hydrogens is 305 g/mol. The van der Waals surface area contributed by atoms with E-state index in [9.17, 15) is 18.0 Å². The van der Waals surface area contributed by atoms with Crippen LogP contribution in [-0.2, 0) is 12.6 Å². The number of hydrogen-bond acceptors (Lipinski definition) is 2. The fraction of sp³-hybridized carbons (Fsp3) is 0.385. The van der Waals surface area contributed by atoms with Crippen LogP contribution in [0.4, 0.5) is 18.0 Å². The molecule has 1 aromatic carbocycles. The summed E-state index contributed by atoms with van der Waals surface area (Å²) in [5, 5.41) is 11.1. The van der Waals surface area contributed by atoms with Gasteiger partial charge in [-0.25, -0.2) is 4.79 Å². The maximum Gasteiger partial charge on any atom is 0.416 e. The molecule has 116 valence electrons. The molecule has 1 aromatic rings. The van der Waals surface area contributed by atoms with Gasteiger partial charge in [0.25, 0.3) is 0 Å². The molecule has 0 saturated heterocycles. The van der Waals surface area contributed by atoms with Crippen molar-refractivity contribution in [3.05, 3.63) is 35.4 Å². The minimum atomic E-state index is -4.39. The summed E-state index contributed by atoms with van der Waals surface area (Å²) in [6.07, 6.45) is -4.56. The number of thiocarbonyl (C=S) groups is 1. The molecule has 0 heterocycles. The topological polar surface area (TPSA) is 75.3 Å². The van der Waals surface area contributed by atoms with Gasteiger partial charge in [-0.1, -0.05) is 24.4 Å². The van der Waals surface area contributed by atoms with Crippen LogP contribution in [0.15, 0.2) is 24.3 Å². The van der Waals surface area contributed by atoms with Gasteiger partial charge in [0.15, 0.2) is 0 Å². The van der Waals surface area contributed by atoms with Crippen molar-refractivity contribution in [2.75, 3.05) is 0 Å². The summed E-state index contributed by atoms with van der Waals surface area (Å²) >= 11 is 4.73. The van der Waals surface area contributed by atoms with Crippen molar-refractivity contribution >= 4 is 23.3 Å². The molecule has 0 aliphatic rings. The molecule has 1 atom stereocenters. The molecule has 4 N–H and O–H groups in total. The number of halogens is 3. The van der Waals surface area contributed by atoms with E-state index in [0.717, 1.165) is 12.1 Å². The molecule has 0 saturated carbocycles. The number of rotatable bonds is 6. The molecule has 1 rings (SSSR count). The number of benzene rings is 1. The van der Waals surface area contributed by atoms with E-state index in [2.05, 4.69) is 5.32 Å². The Hall–Kier alpha value is -1.83. The zero-order valence-electron chi connectivity index (χ0n) is 11.0. The lowest BCUT2D eigenvalue weighted by Gasteiger charge is -2.17. The number of amides is 1. The molecule has 21 heavy (non-hydrogen) atoms. The molecular formula is C13H15F3N2O2S. The molecule has 0 aliphatic carbocycles. The Morgan fingerprint density at radius 2 is 1.90 bits per heavy atom. The number of carboxylic acid groups (broad SMARTS) is 1. The van der Waals surface area contributed by atoms with Gasteiger partial charge in [0.2, 0.25) is 0 Å². The second-order valence-corrected chi connectivity index (χ2v) is 5.07. The first-order chi connectivity index (χ1) is 9.68. The van der Waals surface area contributed by atoms with Gasteiger partial charge in [0, 0.05) is 6.04 Å². The van der Waals surface area contributed by atoms with Crippen molar-refractivity contribution in [1.29, 1.82) is 0 Å². The summed E-state index contributed by atoms with van der Waals surface area (Å²) in [5.41, 5.74) is 5.23. The van der Waals surface area contributed by atoms with E-state index >= 15 is 0 Å². The van der Waals surface area contributed by atoms with E-state index in [1.165, 1.54) is 12.1 Å². The van der Waals surface area contributed by atoms with E-state index in [4.69, 9.17) is 23.1 Å². The minimum absolute atomic E-state index is 0.264. The van der Waals surface area contributed by atoms with Crippen molar-refractivity contribution in [2.45, 2.75) is 31.5 Å². The van der Waals surface area contributed by atoms with Crippen molar-refractivity contribution in [3.63, 3.8) is 0 Å². The van der Waals surface area contributed by atoms with Gasteiger partial charge in [-0.05, 0) is 37.0 Å². The largest absolute Gasteiger partial charge is 0.465 e. The lowest BCUT2D eigenvalue weighted by molar-refractivity contribution is -0.137. The van der Waals surface area contributed by atoms with Crippen molar-refractivity contribution in [3.8, 4) is 0 Å². The first-order valence-corrected chi connectivity index (χ1v) is 6.53. The number of nitrogens with two attached hydrogens (primary N) is 1. The maximum atomic E-state index is 12.4. The number of carbonyl (C=O) groups is 1. The van der Waals surface area contributed by atoms with E-state index < -0.39 is 23.9 Å². The van der Waals surface area contributed by atoms with Gasteiger partial charge in [-0.15, -0.1) is 0 Å². The second kappa shape index (κ2) is 7.26. The highest BCUT2D eigenvalue weighted by Crippen LogP contribution is 2.29. The van der Waals surface area contributed by atoms with Crippen LogP contribution in [0.3, 0.4) is 0 Å². The highest BCUT2D eigenvalue weighted by atomic mass is 32.1. The van der Waals surface area contributed by atoms with Crippen LogP contribution >= 0.6 is 12.2 Å². The molecule has 0 radical (unpaired) electrons. The summed E-state index contributed by atoms with van der Waals surface area (Å²) in [7, 11) is 0. The summed E-state index contributed by atoms with van der Waals surface area (Å²) in [6, 6.07) is 4.16. The Balaban J connectivity index is 2.73. The molecule has 0 aliphatic heterocycles. The van der Waals surface area contributed by atoms with Crippen LogP contribution < -0.4 is 11.1 Å². The molecule has 8 heteroatoms. The van der Waals surface area contributed by atoms with Gasteiger partial charge in [0.1, 0.15) is 0 Å². The van der Waals surface area contributed by atoms with Crippen molar-refractivity contribution < 1.29 is 23.1 Å². The number of alkyl halides is 3. The molecule has 4 nitrogen and oxygen atoms in total. The lowest BCUT2D eigenvalue weighted by Crippen LogP contribution is -2.36. The van der Waals surface area contributed by atoms with Gasteiger partial charge in [0.05, 0.1) is 10.6 Å². The third-order valence-corrected chi connectivity index (χ3v) is 3.03. The summed E-state index contributed by atoms with van der Waals surface area (Å²) in [5.74, 6) is 0. The quantitative estimate of drug-likeness (QED) is 0.705. The van der Waals surface area contributed by atoms with Gasteiger partial charge >= 0.3 is 12.3 Å². The predicted octanol–water partition coefficient (Wildman–Crippen LogP) is 2.95. The van der Waals surface area contributed by atoms with Crippen LogP contribution in [0.2, 0.25) is 0 Å². The van der Waals surface area contributed by atoms with Gasteiger partial charge in [-0.2, -0.15) is 13.2 Å². The van der Waals surface area contributed by atoms with Crippen LogP contribution in [0.1, 0.15) is 24.0 Å². The maximum absolute atomic E-state index is 12.4. The third-order valence-electron chi connectivity index (χ3n) is 2.83. The zero-order chi connectivity index (χ0) is 16.0. The van der Waals surface area contributed by atoms with E-state index in [-0.39, 0.29) is 11.4 Å². The second-order valence-electron chi connectivity index (χ2n) is 4.55. The third kappa shape index (κ3) is 6.44. The normalized spacial score (nSPS) is 12.7. The van der Waals surface area contributed by atoms with Gasteiger partial charge in [-0.3, -0.25) is 0 Å². The first-order valence-electron chi connectivity index (χ1n) is 6.12. The van der Waals surface area contributed by atoms with E-state index in [1.54, 1.807) is 0 Å². The van der Waals surface area contributed by atoms with Crippen molar-refractivity contribution in [1.82, 2.24) is 5.32 Å². The number of nitrogens with one attached hydrogen (secondary N) is 1. The highest BCUT2D eigenvalue weighted by Gasteiger charge is 2.30. The van der Waals surface area contributed by atoms with Crippen molar-refractivity contribution in [2.24, 2.45) is 5.73 Å². The Bertz CT molecular complexity index is 503. The molecule has 0 aromatic heterocycles. The molecule has 0 bridgehead atoms. The fourth-order valence-corrected chi connectivity index (χ4v) is 1.95. The van der Waals surface area contributed by atoms with Crippen LogP contribution in [0.25, 0.3) is 0 Å². The highest BCUT2D eigenvalue weighted by molar-refractivity contribution is 7.80.